The summed E-state index contributed by atoms with van der Waals surface area (Å²) in [5.74, 6) is -0.137. The zero-order valence-corrected chi connectivity index (χ0v) is 5.98. The van der Waals surface area contributed by atoms with Crippen LogP contribution < -0.4 is 0 Å². The monoisotopic (exact) mass is 163 g/mol. The Bertz CT molecular complexity index is 435. The van der Waals surface area contributed by atoms with Crippen molar-refractivity contribution in [3.8, 4) is 5.75 Å². The number of rotatable bonds is 1. The standard InChI is InChI=1S/C7H5N3O2/c11-5-2-1-4-3-8-9-6(4)7(5)10-12/h1-3,11H,(H,8,9). The van der Waals surface area contributed by atoms with E-state index in [0.717, 1.165) is 5.39 Å². The fourth-order valence-electron chi connectivity index (χ4n) is 1.08. The van der Waals surface area contributed by atoms with E-state index in [-0.39, 0.29) is 11.4 Å². The molecule has 0 aliphatic heterocycles. The number of nitrogens with one attached hydrogen (secondary N) is 1. The van der Waals surface area contributed by atoms with Crippen LogP contribution in [0.15, 0.2) is 23.5 Å². The van der Waals surface area contributed by atoms with Gasteiger partial charge in [0.25, 0.3) is 0 Å². The van der Waals surface area contributed by atoms with Crippen LogP contribution in [0.2, 0.25) is 0 Å². The number of aromatic hydroxyl groups is 1. The normalized spacial score (nSPS) is 10.3. The van der Waals surface area contributed by atoms with Gasteiger partial charge in [-0.25, -0.2) is 0 Å². The molecule has 0 radical (unpaired) electrons. The van der Waals surface area contributed by atoms with Gasteiger partial charge in [-0.15, -0.1) is 4.91 Å². The molecule has 5 nitrogen and oxygen atoms in total. The molecule has 0 atom stereocenters. The minimum absolute atomic E-state index is 0.00463. The Morgan fingerprint density at radius 3 is 3.08 bits per heavy atom. The molecule has 12 heavy (non-hydrogen) atoms. The fourth-order valence-corrected chi connectivity index (χ4v) is 1.08. The number of fused-ring (bicyclic) bond motifs is 1. The summed E-state index contributed by atoms with van der Waals surface area (Å²) < 4.78 is 0. The second-order valence-electron chi connectivity index (χ2n) is 2.36. The van der Waals surface area contributed by atoms with E-state index in [4.69, 9.17) is 0 Å². The van der Waals surface area contributed by atoms with E-state index in [1.807, 2.05) is 0 Å². The molecule has 0 saturated heterocycles. The average molecular weight is 163 g/mol. The van der Waals surface area contributed by atoms with E-state index in [1.165, 1.54) is 6.07 Å². The van der Waals surface area contributed by atoms with Crippen LogP contribution in [0.5, 0.6) is 5.75 Å². The molecule has 0 saturated carbocycles. The lowest BCUT2D eigenvalue weighted by Gasteiger charge is -1.94. The zero-order chi connectivity index (χ0) is 8.55. The van der Waals surface area contributed by atoms with Crippen molar-refractivity contribution in [1.82, 2.24) is 10.2 Å². The Morgan fingerprint density at radius 1 is 1.50 bits per heavy atom. The Kier molecular flexibility index (Phi) is 1.30. The predicted octanol–water partition coefficient (Wildman–Crippen LogP) is 1.67. The number of H-pyrrole nitrogens is 1. The second-order valence-corrected chi connectivity index (χ2v) is 2.36. The van der Waals surface area contributed by atoms with Crippen molar-refractivity contribution in [2.24, 2.45) is 5.18 Å². The number of benzene rings is 1. The van der Waals surface area contributed by atoms with Gasteiger partial charge in [-0.2, -0.15) is 5.10 Å². The lowest BCUT2D eigenvalue weighted by atomic mass is 10.2. The third-order valence-corrected chi connectivity index (χ3v) is 1.66. The van der Waals surface area contributed by atoms with Crippen molar-refractivity contribution in [1.29, 1.82) is 0 Å². The summed E-state index contributed by atoms with van der Waals surface area (Å²) >= 11 is 0. The molecule has 1 aromatic heterocycles. The third kappa shape index (κ3) is 0.763. The van der Waals surface area contributed by atoms with Gasteiger partial charge >= 0.3 is 0 Å². The molecule has 1 aromatic carbocycles. The van der Waals surface area contributed by atoms with Crippen molar-refractivity contribution in [3.05, 3.63) is 23.2 Å². The molecule has 0 fully saturated rings. The van der Waals surface area contributed by atoms with Crippen molar-refractivity contribution < 1.29 is 5.11 Å². The summed E-state index contributed by atoms with van der Waals surface area (Å²) in [4.78, 5) is 10.3. The van der Waals surface area contributed by atoms with E-state index in [0.29, 0.717) is 5.52 Å². The van der Waals surface area contributed by atoms with Gasteiger partial charge in [0.1, 0.15) is 5.75 Å². The molecular formula is C7H5N3O2. The van der Waals surface area contributed by atoms with Gasteiger partial charge in [0.05, 0.1) is 11.7 Å². The first kappa shape index (κ1) is 6.78. The first-order chi connectivity index (χ1) is 5.83. The Morgan fingerprint density at radius 2 is 2.33 bits per heavy atom. The number of hydrogen-bond acceptors (Lipinski definition) is 4. The van der Waals surface area contributed by atoms with Gasteiger partial charge in [-0.1, -0.05) is 0 Å². The maximum atomic E-state index is 10.3. The Labute approximate surface area is 67.0 Å². The van der Waals surface area contributed by atoms with E-state index in [1.54, 1.807) is 12.3 Å². The highest BCUT2D eigenvalue weighted by molar-refractivity contribution is 5.91. The maximum absolute atomic E-state index is 10.3. The largest absolute Gasteiger partial charge is 0.505 e. The Balaban J connectivity index is 2.91. The van der Waals surface area contributed by atoms with Crippen LogP contribution in [0, 0.1) is 4.91 Å². The van der Waals surface area contributed by atoms with E-state index in [9.17, 15) is 10.0 Å². The number of aromatic nitrogens is 2. The number of aromatic amines is 1. The molecule has 1 heterocycles. The number of nitrogens with zero attached hydrogens (tertiary/aromatic N) is 2. The molecule has 0 bridgehead atoms. The van der Waals surface area contributed by atoms with E-state index in [2.05, 4.69) is 15.4 Å². The van der Waals surface area contributed by atoms with Gasteiger partial charge in [-0.3, -0.25) is 5.10 Å². The molecule has 2 rings (SSSR count). The van der Waals surface area contributed by atoms with Crippen molar-refractivity contribution >= 4 is 16.6 Å². The quantitative estimate of drug-likeness (QED) is 0.627. The SMILES string of the molecule is O=Nc1c(O)ccc2cn[nH]c12. The van der Waals surface area contributed by atoms with Crippen LogP contribution in [-0.4, -0.2) is 15.3 Å². The minimum Gasteiger partial charge on any atom is -0.505 e. The first-order valence-electron chi connectivity index (χ1n) is 3.31. The highest BCUT2D eigenvalue weighted by atomic mass is 16.3. The summed E-state index contributed by atoms with van der Waals surface area (Å²) in [6, 6.07) is 3.07. The lowest BCUT2D eigenvalue weighted by molar-refractivity contribution is 0.477. The number of hydrogen-bond donors (Lipinski definition) is 2. The van der Waals surface area contributed by atoms with Crippen LogP contribution in [0.25, 0.3) is 10.9 Å². The molecule has 0 aliphatic carbocycles. The molecule has 0 unspecified atom stereocenters. The van der Waals surface area contributed by atoms with Crippen LogP contribution >= 0.6 is 0 Å². The summed E-state index contributed by atoms with van der Waals surface area (Å²) in [6.45, 7) is 0. The Hall–Kier alpha value is -1.91. The van der Waals surface area contributed by atoms with Gasteiger partial charge in [-0.05, 0) is 17.3 Å². The summed E-state index contributed by atoms with van der Waals surface area (Å²) in [5, 5.41) is 18.9. The molecular weight excluding hydrogens is 158 g/mol. The zero-order valence-electron chi connectivity index (χ0n) is 5.98. The van der Waals surface area contributed by atoms with Crippen molar-refractivity contribution in [2.45, 2.75) is 0 Å². The molecule has 0 aliphatic rings. The summed E-state index contributed by atoms with van der Waals surface area (Å²) in [7, 11) is 0. The van der Waals surface area contributed by atoms with Crippen LogP contribution in [0.3, 0.4) is 0 Å². The van der Waals surface area contributed by atoms with Crippen LogP contribution in [-0.2, 0) is 0 Å². The first-order valence-corrected chi connectivity index (χ1v) is 3.31. The van der Waals surface area contributed by atoms with Gasteiger partial charge < -0.3 is 5.11 Å². The van der Waals surface area contributed by atoms with E-state index >= 15 is 0 Å². The van der Waals surface area contributed by atoms with Gasteiger partial charge in [0.15, 0.2) is 5.69 Å². The van der Waals surface area contributed by atoms with Crippen LogP contribution in [0.1, 0.15) is 0 Å². The smallest absolute Gasteiger partial charge is 0.175 e. The molecule has 2 aromatic rings. The number of nitroso groups, excluding NO2 is 1. The lowest BCUT2D eigenvalue weighted by Crippen LogP contribution is -1.71. The second kappa shape index (κ2) is 2.30. The molecule has 5 heteroatoms. The topological polar surface area (TPSA) is 78.3 Å². The molecule has 0 spiro atoms. The minimum atomic E-state index is -0.137. The third-order valence-electron chi connectivity index (χ3n) is 1.66. The average Bonchev–Trinajstić information content (AvgIpc) is 2.52. The van der Waals surface area contributed by atoms with Gasteiger partial charge in [0.2, 0.25) is 0 Å². The van der Waals surface area contributed by atoms with Gasteiger partial charge in [0, 0.05) is 5.39 Å². The van der Waals surface area contributed by atoms with Crippen LogP contribution in [0.4, 0.5) is 5.69 Å². The summed E-state index contributed by atoms with van der Waals surface area (Å²) in [6.07, 6.45) is 1.56. The number of phenolic OH excluding ortho intramolecular Hbond substituents is 1. The highest BCUT2D eigenvalue weighted by Gasteiger charge is 2.07. The summed E-state index contributed by atoms with van der Waals surface area (Å²) in [5.41, 5.74) is 0.468. The molecule has 0 amide bonds. The molecule has 2 N–H and O–H groups in total. The highest BCUT2D eigenvalue weighted by Crippen LogP contribution is 2.32. The van der Waals surface area contributed by atoms with E-state index < -0.39 is 0 Å². The van der Waals surface area contributed by atoms with Crippen molar-refractivity contribution in [2.75, 3.05) is 0 Å². The fraction of sp³-hybridized carbons (Fsp3) is 0. The maximum Gasteiger partial charge on any atom is 0.175 e. The molecule has 60 valence electrons. The van der Waals surface area contributed by atoms with Crippen molar-refractivity contribution in [3.63, 3.8) is 0 Å². The number of phenols is 1. The predicted molar refractivity (Wildman–Crippen MR) is 43.2 cm³/mol.